The number of likely N-dealkylation sites (tertiary alicyclic amines) is 1. The van der Waals surface area contributed by atoms with Gasteiger partial charge >= 0.3 is 5.97 Å². The van der Waals surface area contributed by atoms with Crippen LogP contribution in [0.4, 0.5) is 0 Å². The lowest BCUT2D eigenvalue weighted by atomic mass is 9.74. The monoisotopic (exact) mass is 270 g/mol. The molecule has 1 N–H and O–H groups in total. The average molecular weight is 270 g/mol. The smallest absolute Gasteiger partial charge is 0.309 e. The third-order valence-corrected chi connectivity index (χ3v) is 4.37. The molecule has 0 saturated carbocycles. The second-order valence-electron chi connectivity index (χ2n) is 6.27. The molecular formula is C14H26N2O3. The molecule has 0 spiro atoms. The zero-order chi connectivity index (χ0) is 14.8. The predicted molar refractivity (Wildman–Crippen MR) is 73.9 cm³/mol. The molecule has 0 radical (unpaired) electrons. The third kappa shape index (κ3) is 3.47. The molecule has 2 atom stereocenters. The highest BCUT2D eigenvalue weighted by Crippen LogP contribution is 2.34. The van der Waals surface area contributed by atoms with Gasteiger partial charge in [-0.1, -0.05) is 0 Å². The summed E-state index contributed by atoms with van der Waals surface area (Å²) in [6.07, 6.45) is 1.87. The van der Waals surface area contributed by atoms with E-state index in [2.05, 4.69) is 4.90 Å². The van der Waals surface area contributed by atoms with Crippen molar-refractivity contribution in [1.29, 1.82) is 0 Å². The summed E-state index contributed by atoms with van der Waals surface area (Å²) in [7, 11) is 3.50. The maximum Gasteiger partial charge on any atom is 0.309 e. The van der Waals surface area contributed by atoms with Gasteiger partial charge in [0.15, 0.2) is 0 Å². The zero-order valence-corrected chi connectivity index (χ0v) is 12.6. The molecule has 5 nitrogen and oxygen atoms in total. The standard InChI is InChI=1S/C14H26N2O3/c1-10(12(17)15(4)5)16-8-6-7-11(9-16)14(2,3)13(18)19/h10-11H,6-9H2,1-5H3,(H,18,19). The summed E-state index contributed by atoms with van der Waals surface area (Å²) < 4.78 is 0. The Morgan fingerprint density at radius 3 is 2.42 bits per heavy atom. The minimum atomic E-state index is -0.758. The van der Waals surface area contributed by atoms with Gasteiger partial charge in [-0.05, 0) is 46.1 Å². The maximum atomic E-state index is 12.0. The first-order valence-corrected chi connectivity index (χ1v) is 6.86. The van der Waals surface area contributed by atoms with Gasteiger partial charge in [-0.2, -0.15) is 0 Å². The Balaban J connectivity index is 2.75. The molecule has 1 aliphatic heterocycles. The van der Waals surface area contributed by atoms with Crippen LogP contribution in [0.3, 0.4) is 0 Å². The van der Waals surface area contributed by atoms with Crippen LogP contribution < -0.4 is 0 Å². The Labute approximate surface area is 115 Å². The van der Waals surface area contributed by atoms with Gasteiger partial charge in [0.1, 0.15) is 0 Å². The Kier molecular flexibility index (Phi) is 4.96. The van der Waals surface area contributed by atoms with Crippen molar-refractivity contribution in [1.82, 2.24) is 9.80 Å². The highest BCUT2D eigenvalue weighted by atomic mass is 16.4. The van der Waals surface area contributed by atoms with Crippen LogP contribution in [0, 0.1) is 11.3 Å². The first-order chi connectivity index (χ1) is 8.67. The van der Waals surface area contributed by atoms with E-state index in [1.807, 2.05) is 6.92 Å². The summed E-state index contributed by atoms with van der Waals surface area (Å²) in [6, 6.07) is -0.178. The summed E-state index contributed by atoms with van der Waals surface area (Å²) in [6.45, 7) is 7.01. The Morgan fingerprint density at radius 1 is 1.37 bits per heavy atom. The van der Waals surface area contributed by atoms with Crippen LogP contribution in [-0.2, 0) is 9.59 Å². The van der Waals surface area contributed by atoms with Crippen LogP contribution in [0.1, 0.15) is 33.6 Å². The van der Waals surface area contributed by atoms with Gasteiger partial charge in [0, 0.05) is 20.6 Å². The highest BCUT2D eigenvalue weighted by Gasteiger charge is 2.40. The normalized spacial score (nSPS) is 22.9. The number of carboxylic acid groups (broad SMARTS) is 1. The SMILES string of the molecule is CC(C(=O)N(C)C)N1CCCC(C(C)(C)C(=O)O)C1. The Hall–Kier alpha value is -1.10. The van der Waals surface area contributed by atoms with Crippen LogP contribution in [0.15, 0.2) is 0 Å². The average Bonchev–Trinajstić information content (AvgIpc) is 2.36. The Bertz CT molecular complexity index is 353. The van der Waals surface area contributed by atoms with E-state index < -0.39 is 11.4 Å². The molecule has 19 heavy (non-hydrogen) atoms. The number of carboxylic acids is 1. The molecule has 1 aliphatic rings. The van der Waals surface area contributed by atoms with Crippen LogP contribution in [0.2, 0.25) is 0 Å². The molecular weight excluding hydrogens is 244 g/mol. The number of aliphatic carboxylic acids is 1. The molecule has 1 saturated heterocycles. The van der Waals surface area contributed by atoms with Crippen molar-refractivity contribution in [3.63, 3.8) is 0 Å². The number of hydrogen-bond donors (Lipinski definition) is 1. The van der Waals surface area contributed by atoms with Crippen molar-refractivity contribution in [2.45, 2.75) is 39.7 Å². The molecule has 2 unspecified atom stereocenters. The molecule has 0 aliphatic carbocycles. The number of rotatable bonds is 4. The van der Waals surface area contributed by atoms with Crippen LogP contribution in [-0.4, -0.2) is 60.0 Å². The first kappa shape index (κ1) is 16.0. The van der Waals surface area contributed by atoms with Gasteiger partial charge in [0.05, 0.1) is 11.5 Å². The van der Waals surface area contributed by atoms with Crippen LogP contribution in [0.25, 0.3) is 0 Å². The van der Waals surface area contributed by atoms with Gasteiger partial charge in [0.25, 0.3) is 0 Å². The maximum absolute atomic E-state index is 12.0. The van der Waals surface area contributed by atoms with E-state index in [1.165, 1.54) is 0 Å². The van der Waals surface area contributed by atoms with Gasteiger partial charge in [-0.3, -0.25) is 14.5 Å². The number of likely N-dealkylation sites (N-methyl/N-ethyl adjacent to an activating group) is 1. The van der Waals surface area contributed by atoms with Crippen molar-refractivity contribution >= 4 is 11.9 Å². The van der Waals surface area contributed by atoms with E-state index in [-0.39, 0.29) is 17.9 Å². The molecule has 0 aromatic carbocycles. The van der Waals surface area contributed by atoms with E-state index in [1.54, 1.807) is 32.8 Å². The van der Waals surface area contributed by atoms with E-state index in [4.69, 9.17) is 0 Å². The summed E-state index contributed by atoms with van der Waals surface area (Å²) in [5, 5.41) is 9.32. The summed E-state index contributed by atoms with van der Waals surface area (Å²) in [5.41, 5.74) is -0.737. The van der Waals surface area contributed by atoms with Gasteiger partial charge in [-0.15, -0.1) is 0 Å². The van der Waals surface area contributed by atoms with Crippen molar-refractivity contribution in [3.8, 4) is 0 Å². The molecule has 0 bridgehead atoms. The number of hydrogen-bond acceptors (Lipinski definition) is 3. The van der Waals surface area contributed by atoms with Crippen LogP contribution in [0.5, 0.6) is 0 Å². The molecule has 1 rings (SSSR count). The van der Waals surface area contributed by atoms with E-state index in [0.717, 1.165) is 19.4 Å². The zero-order valence-electron chi connectivity index (χ0n) is 12.6. The molecule has 0 aromatic heterocycles. The van der Waals surface area contributed by atoms with Crippen molar-refractivity contribution < 1.29 is 14.7 Å². The summed E-state index contributed by atoms with van der Waals surface area (Å²) >= 11 is 0. The fourth-order valence-corrected chi connectivity index (χ4v) is 2.65. The molecule has 1 fully saturated rings. The second kappa shape index (κ2) is 5.90. The van der Waals surface area contributed by atoms with Gasteiger partial charge in [0.2, 0.25) is 5.91 Å². The largest absolute Gasteiger partial charge is 0.481 e. The second-order valence-corrected chi connectivity index (χ2v) is 6.27. The number of nitrogens with zero attached hydrogens (tertiary/aromatic N) is 2. The predicted octanol–water partition coefficient (Wildman–Crippen LogP) is 1.29. The number of piperidine rings is 1. The molecule has 1 heterocycles. The highest BCUT2D eigenvalue weighted by molar-refractivity contribution is 5.81. The first-order valence-electron chi connectivity index (χ1n) is 6.86. The molecule has 5 heteroatoms. The lowest BCUT2D eigenvalue weighted by Gasteiger charge is -2.41. The molecule has 1 amide bonds. The number of carbonyl (C=O) groups excluding carboxylic acids is 1. The van der Waals surface area contributed by atoms with Crippen LogP contribution >= 0.6 is 0 Å². The van der Waals surface area contributed by atoms with Gasteiger partial charge in [-0.25, -0.2) is 0 Å². The quantitative estimate of drug-likeness (QED) is 0.836. The summed E-state index contributed by atoms with van der Waals surface area (Å²) in [5.74, 6) is -0.587. The third-order valence-electron chi connectivity index (χ3n) is 4.37. The van der Waals surface area contributed by atoms with Crippen molar-refractivity contribution in [2.75, 3.05) is 27.2 Å². The van der Waals surface area contributed by atoms with Crippen molar-refractivity contribution in [2.24, 2.45) is 11.3 Å². The minimum absolute atomic E-state index is 0.0776. The molecule has 110 valence electrons. The van der Waals surface area contributed by atoms with E-state index in [0.29, 0.717) is 6.54 Å². The fourth-order valence-electron chi connectivity index (χ4n) is 2.65. The lowest BCUT2D eigenvalue weighted by Crippen LogP contribution is -2.51. The van der Waals surface area contributed by atoms with E-state index >= 15 is 0 Å². The van der Waals surface area contributed by atoms with Gasteiger partial charge < -0.3 is 10.0 Å². The Morgan fingerprint density at radius 2 is 1.95 bits per heavy atom. The summed E-state index contributed by atoms with van der Waals surface area (Å²) in [4.78, 5) is 27.1. The minimum Gasteiger partial charge on any atom is -0.481 e. The molecule has 0 aromatic rings. The van der Waals surface area contributed by atoms with Crippen molar-refractivity contribution in [3.05, 3.63) is 0 Å². The number of amides is 1. The number of carbonyl (C=O) groups is 2. The fraction of sp³-hybridized carbons (Fsp3) is 0.857. The van der Waals surface area contributed by atoms with E-state index in [9.17, 15) is 14.7 Å². The lowest BCUT2D eigenvalue weighted by molar-refractivity contribution is -0.152. The topological polar surface area (TPSA) is 60.9 Å².